The van der Waals surface area contributed by atoms with Crippen LogP contribution in [0.1, 0.15) is 32.1 Å². The van der Waals surface area contributed by atoms with Crippen LogP contribution in [-0.2, 0) is 10.3 Å². The Kier molecular flexibility index (Phi) is 2.38. The van der Waals surface area contributed by atoms with Crippen LogP contribution in [0.5, 0.6) is 0 Å². The molecule has 2 N–H and O–H groups in total. The Bertz CT molecular complexity index is 412. The normalized spacial score (nSPS) is 19.2. The van der Waals surface area contributed by atoms with Gasteiger partial charge < -0.3 is 10.1 Å². The van der Waals surface area contributed by atoms with E-state index < -0.39 is 11.5 Å². The van der Waals surface area contributed by atoms with E-state index in [0.29, 0.717) is 0 Å². The van der Waals surface area contributed by atoms with Crippen molar-refractivity contribution < 1.29 is 9.90 Å². The van der Waals surface area contributed by atoms with E-state index in [2.05, 4.69) is 4.98 Å². The smallest absolute Gasteiger partial charge is 0.326 e. The first kappa shape index (κ1) is 10.0. The van der Waals surface area contributed by atoms with Crippen LogP contribution in [0.3, 0.4) is 0 Å². The third-order valence-corrected chi connectivity index (χ3v) is 3.17. The molecule has 1 heterocycles. The number of H-pyrrole nitrogens is 1. The van der Waals surface area contributed by atoms with Crippen molar-refractivity contribution >= 4 is 5.97 Å². The van der Waals surface area contributed by atoms with Crippen LogP contribution in [0.4, 0.5) is 0 Å². The molecule has 2 rings (SSSR count). The summed E-state index contributed by atoms with van der Waals surface area (Å²) >= 11 is 0. The lowest BCUT2D eigenvalue weighted by Gasteiger charge is -2.27. The zero-order chi connectivity index (χ0) is 10.9. The SMILES string of the molecule is O=C(O)CC1(n2cc[nH]c2=O)CCCC1. The molecule has 1 aromatic rings. The largest absolute Gasteiger partial charge is 0.481 e. The quantitative estimate of drug-likeness (QED) is 0.779. The number of hydrogen-bond acceptors (Lipinski definition) is 2. The second kappa shape index (κ2) is 3.56. The van der Waals surface area contributed by atoms with Gasteiger partial charge in [-0.3, -0.25) is 9.36 Å². The van der Waals surface area contributed by atoms with E-state index in [0.717, 1.165) is 25.7 Å². The Labute approximate surface area is 86.7 Å². The van der Waals surface area contributed by atoms with E-state index in [1.54, 1.807) is 17.0 Å². The second-order valence-corrected chi connectivity index (χ2v) is 4.14. The highest BCUT2D eigenvalue weighted by Gasteiger charge is 2.38. The number of carboxylic acid groups (broad SMARTS) is 1. The molecule has 1 aliphatic carbocycles. The maximum Gasteiger partial charge on any atom is 0.326 e. The maximum absolute atomic E-state index is 11.5. The third kappa shape index (κ3) is 1.69. The highest BCUT2D eigenvalue weighted by Crippen LogP contribution is 2.38. The molecule has 82 valence electrons. The van der Waals surface area contributed by atoms with Crippen molar-refractivity contribution in [2.24, 2.45) is 0 Å². The van der Waals surface area contributed by atoms with E-state index in [1.807, 2.05) is 0 Å². The van der Waals surface area contributed by atoms with Gasteiger partial charge in [0.1, 0.15) is 0 Å². The van der Waals surface area contributed by atoms with Gasteiger partial charge in [-0.15, -0.1) is 0 Å². The van der Waals surface area contributed by atoms with Gasteiger partial charge in [0.15, 0.2) is 0 Å². The Morgan fingerprint density at radius 3 is 2.67 bits per heavy atom. The van der Waals surface area contributed by atoms with Crippen molar-refractivity contribution in [3.8, 4) is 0 Å². The Morgan fingerprint density at radius 2 is 2.20 bits per heavy atom. The van der Waals surface area contributed by atoms with Crippen molar-refractivity contribution in [2.75, 3.05) is 0 Å². The Hall–Kier alpha value is -1.52. The van der Waals surface area contributed by atoms with E-state index in [-0.39, 0.29) is 12.1 Å². The van der Waals surface area contributed by atoms with Crippen molar-refractivity contribution in [3.63, 3.8) is 0 Å². The maximum atomic E-state index is 11.5. The van der Waals surface area contributed by atoms with Gasteiger partial charge in [0.2, 0.25) is 0 Å². The first-order valence-corrected chi connectivity index (χ1v) is 5.12. The molecule has 5 heteroatoms. The van der Waals surface area contributed by atoms with E-state index in [9.17, 15) is 9.59 Å². The molecule has 1 saturated carbocycles. The molecule has 0 bridgehead atoms. The van der Waals surface area contributed by atoms with E-state index in [4.69, 9.17) is 5.11 Å². The molecule has 0 amide bonds. The summed E-state index contributed by atoms with van der Waals surface area (Å²) in [6.07, 6.45) is 6.77. The van der Waals surface area contributed by atoms with Crippen LogP contribution < -0.4 is 5.69 Å². The first-order chi connectivity index (χ1) is 7.14. The van der Waals surface area contributed by atoms with Crippen LogP contribution in [-0.4, -0.2) is 20.6 Å². The highest BCUT2D eigenvalue weighted by atomic mass is 16.4. The molecule has 5 nitrogen and oxygen atoms in total. The van der Waals surface area contributed by atoms with Crippen LogP contribution in [0, 0.1) is 0 Å². The summed E-state index contributed by atoms with van der Waals surface area (Å²) in [4.78, 5) is 24.9. The molecule has 1 fully saturated rings. The highest BCUT2D eigenvalue weighted by molar-refractivity contribution is 5.68. The fourth-order valence-electron chi connectivity index (χ4n) is 2.51. The summed E-state index contributed by atoms with van der Waals surface area (Å²) in [6.45, 7) is 0. The summed E-state index contributed by atoms with van der Waals surface area (Å²) in [6, 6.07) is 0. The van der Waals surface area contributed by atoms with Gasteiger partial charge in [0.05, 0.1) is 12.0 Å². The number of carbonyl (C=O) groups is 1. The van der Waals surface area contributed by atoms with Crippen LogP contribution >= 0.6 is 0 Å². The monoisotopic (exact) mass is 210 g/mol. The third-order valence-electron chi connectivity index (χ3n) is 3.17. The fraction of sp³-hybridized carbons (Fsp3) is 0.600. The number of nitrogens with one attached hydrogen (secondary N) is 1. The number of nitrogens with zero attached hydrogens (tertiary/aromatic N) is 1. The van der Waals surface area contributed by atoms with Crippen molar-refractivity contribution in [2.45, 2.75) is 37.6 Å². The van der Waals surface area contributed by atoms with Crippen LogP contribution in [0.15, 0.2) is 17.2 Å². The molecule has 0 atom stereocenters. The van der Waals surface area contributed by atoms with Gasteiger partial charge in [-0.05, 0) is 12.8 Å². The molecule has 0 radical (unpaired) electrons. The molecular formula is C10H14N2O3. The summed E-state index contributed by atoms with van der Waals surface area (Å²) in [7, 11) is 0. The van der Waals surface area contributed by atoms with Crippen molar-refractivity contribution in [3.05, 3.63) is 22.9 Å². The predicted molar refractivity (Wildman–Crippen MR) is 53.7 cm³/mol. The molecule has 1 aliphatic rings. The number of rotatable bonds is 3. The summed E-state index contributed by atoms with van der Waals surface area (Å²) in [5.41, 5.74) is -0.707. The number of aromatic amines is 1. The molecule has 15 heavy (non-hydrogen) atoms. The average molecular weight is 210 g/mol. The minimum absolute atomic E-state index is 0.0325. The minimum Gasteiger partial charge on any atom is -0.481 e. The Morgan fingerprint density at radius 1 is 1.53 bits per heavy atom. The molecule has 0 aromatic carbocycles. The summed E-state index contributed by atoms with van der Waals surface area (Å²) < 4.78 is 1.55. The van der Waals surface area contributed by atoms with Crippen LogP contribution in [0.25, 0.3) is 0 Å². The number of hydrogen-bond donors (Lipinski definition) is 2. The molecule has 0 aliphatic heterocycles. The van der Waals surface area contributed by atoms with Crippen molar-refractivity contribution in [1.82, 2.24) is 9.55 Å². The van der Waals surface area contributed by atoms with Crippen LogP contribution in [0.2, 0.25) is 0 Å². The Balaban J connectivity index is 2.39. The number of carboxylic acids is 1. The zero-order valence-corrected chi connectivity index (χ0v) is 8.40. The lowest BCUT2D eigenvalue weighted by molar-refractivity contribution is -0.139. The predicted octanol–water partition coefficient (Wildman–Crippen LogP) is 0.920. The topological polar surface area (TPSA) is 75.1 Å². The van der Waals surface area contributed by atoms with Gasteiger partial charge in [0.25, 0.3) is 0 Å². The summed E-state index contributed by atoms with van der Waals surface area (Å²) in [5.74, 6) is -0.843. The zero-order valence-electron chi connectivity index (χ0n) is 8.40. The molecule has 0 unspecified atom stereocenters. The molecule has 0 saturated heterocycles. The lowest BCUT2D eigenvalue weighted by atomic mass is 9.93. The summed E-state index contributed by atoms with van der Waals surface area (Å²) in [5, 5.41) is 8.90. The number of imidazole rings is 1. The van der Waals surface area contributed by atoms with E-state index >= 15 is 0 Å². The molecule has 0 spiro atoms. The lowest BCUT2D eigenvalue weighted by Crippen LogP contribution is -2.39. The second-order valence-electron chi connectivity index (χ2n) is 4.14. The van der Waals surface area contributed by atoms with Gasteiger partial charge >= 0.3 is 11.7 Å². The number of aliphatic carboxylic acids is 1. The standard InChI is InChI=1S/C10H14N2O3/c13-8(14)7-10(3-1-2-4-10)12-6-5-11-9(12)15/h5-6H,1-4,7H2,(H,11,15)(H,13,14). The molecular weight excluding hydrogens is 196 g/mol. The molecule has 1 aromatic heterocycles. The van der Waals surface area contributed by atoms with E-state index in [1.165, 1.54) is 0 Å². The van der Waals surface area contributed by atoms with Gasteiger partial charge in [-0.2, -0.15) is 0 Å². The van der Waals surface area contributed by atoms with Gasteiger partial charge in [-0.1, -0.05) is 12.8 Å². The average Bonchev–Trinajstić information content (AvgIpc) is 2.73. The minimum atomic E-state index is -0.843. The fourth-order valence-corrected chi connectivity index (χ4v) is 2.51. The van der Waals surface area contributed by atoms with Crippen molar-refractivity contribution in [1.29, 1.82) is 0 Å². The van der Waals surface area contributed by atoms with Gasteiger partial charge in [0, 0.05) is 12.4 Å². The van der Waals surface area contributed by atoms with Gasteiger partial charge in [-0.25, -0.2) is 4.79 Å². The number of aromatic nitrogens is 2. The first-order valence-electron chi connectivity index (χ1n) is 5.12.